The number of hydrogen-bond acceptors (Lipinski definition) is 5. The van der Waals surface area contributed by atoms with Crippen LogP contribution < -0.4 is 23.2 Å². The topological polar surface area (TPSA) is 114 Å². The minimum absolute atomic E-state index is 1.75. The van der Waals surface area contributed by atoms with Crippen molar-refractivity contribution >= 4 is 0 Å². The van der Waals surface area contributed by atoms with E-state index in [4.69, 9.17) is 18.6 Å². The van der Waals surface area contributed by atoms with E-state index in [1.807, 2.05) is 25.0 Å². The molecule has 0 N–H and O–H groups in total. The summed E-state index contributed by atoms with van der Waals surface area (Å²) < 4.78 is 37.6. The van der Waals surface area contributed by atoms with Crippen LogP contribution in [0.5, 0.6) is 0 Å². The summed E-state index contributed by atoms with van der Waals surface area (Å²) in [5, 5.41) is 3.90. The molecular weight excluding hydrogens is 190 g/mol. The Morgan fingerprint density at radius 3 is 1.83 bits per heavy atom. The summed E-state index contributed by atoms with van der Waals surface area (Å²) in [4.78, 5) is 0. The Labute approximate surface area is 70.8 Å². The quantitative estimate of drug-likeness (QED) is 0.385. The normalized spacial score (nSPS) is 10.5. The summed E-state index contributed by atoms with van der Waals surface area (Å²) in [6.45, 7) is 0. The molecule has 0 fully saturated rings. The monoisotopic (exact) mass is 197 g/mol. The summed E-state index contributed by atoms with van der Waals surface area (Å²) >= 11 is 0. The molecule has 70 valence electrons. The molecule has 0 saturated carbocycles. The van der Waals surface area contributed by atoms with Gasteiger partial charge in [-0.05, 0) is 0 Å². The lowest BCUT2D eigenvalue weighted by Crippen LogP contribution is -2.68. The highest BCUT2D eigenvalue weighted by Gasteiger charge is 1.90. The minimum Gasteiger partial charge on any atom is -0.240 e. The van der Waals surface area contributed by atoms with E-state index in [-0.39, 0.29) is 0 Å². The highest BCUT2D eigenvalue weighted by Crippen LogP contribution is 1.62. The Kier molecular flexibility index (Phi) is 4.07. The van der Waals surface area contributed by atoms with Crippen LogP contribution in [0, 0.1) is 10.2 Å². The molecule has 1 rings (SSSR count). The van der Waals surface area contributed by atoms with Crippen LogP contribution in [0.2, 0.25) is 0 Å². The van der Waals surface area contributed by atoms with E-state index in [2.05, 4.69) is 5.10 Å². The van der Waals surface area contributed by atoms with Gasteiger partial charge in [-0.3, -0.25) is 0 Å². The van der Waals surface area contributed by atoms with Crippen LogP contribution in [-0.2, 0) is 14.1 Å². The molecule has 0 aliphatic heterocycles. The highest BCUT2D eigenvalue weighted by atomic mass is 35.7. The molecule has 7 nitrogen and oxygen atoms in total. The van der Waals surface area contributed by atoms with Gasteiger partial charge in [-0.2, -0.15) is 0 Å². The molecule has 0 spiro atoms. The molecule has 0 aliphatic carbocycles. The van der Waals surface area contributed by atoms with Crippen LogP contribution in [0.1, 0.15) is 0 Å². The fraction of sp³-hybridized carbons (Fsp3) is 0.500. The number of nitrogens with zero attached hydrogens (tertiary/aromatic N) is 3. The van der Waals surface area contributed by atoms with Crippen molar-refractivity contribution in [2.45, 2.75) is 0 Å². The molecule has 0 bridgehead atoms. The van der Waals surface area contributed by atoms with Crippen LogP contribution in [0.25, 0.3) is 0 Å². The largest absolute Gasteiger partial charge is 0.264 e. The van der Waals surface area contributed by atoms with Crippen LogP contribution in [0.15, 0.2) is 12.7 Å². The third-order valence-corrected chi connectivity index (χ3v) is 0.765. The summed E-state index contributed by atoms with van der Waals surface area (Å²) in [6, 6.07) is 0. The van der Waals surface area contributed by atoms with Crippen molar-refractivity contribution in [3.8, 4) is 0 Å². The smallest absolute Gasteiger partial charge is 0.240 e. The van der Waals surface area contributed by atoms with Crippen LogP contribution >= 0.6 is 0 Å². The molecule has 0 atom stereocenters. The predicted molar refractivity (Wildman–Crippen MR) is 24.4 cm³/mol. The molecule has 0 radical (unpaired) electrons. The molecule has 0 aromatic carbocycles. The zero-order valence-electron chi connectivity index (χ0n) is 6.51. The van der Waals surface area contributed by atoms with Gasteiger partial charge in [-0.15, -0.1) is 14.9 Å². The van der Waals surface area contributed by atoms with E-state index in [1.54, 1.807) is 11.0 Å². The Morgan fingerprint density at radius 1 is 1.33 bits per heavy atom. The van der Waals surface area contributed by atoms with Gasteiger partial charge < -0.3 is 0 Å². The van der Waals surface area contributed by atoms with Crippen LogP contribution in [0.4, 0.5) is 0 Å². The Morgan fingerprint density at radius 2 is 1.75 bits per heavy atom. The minimum atomic E-state index is -4.94. The van der Waals surface area contributed by atoms with Gasteiger partial charge in [-0.1, -0.05) is 0 Å². The summed E-state index contributed by atoms with van der Waals surface area (Å²) in [5.41, 5.74) is 0. The van der Waals surface area contributed by atoms with Crippen molar-refractivity contribution in [3.05, 3.63) is 12.7 Å². The number of halogens is 1. The van der Waals surface area contributed by atoms with Crippen molar-refractivity contribution in [2.75, 3.05) is 0 Å². The molecule has 1 aromatic heterocycles. The number of rotatable bonds is 0. The molecule has 0 saturated heterocycles. The SMILES string of the molecule is Cn1c[n+](C)cn1.[O-][Cl+3]([O-])([O-])[O-]. The maximum absolute atomic E-state index is 8.49. The predicted octanol–water partition coefficient (Wildman–Crippen LogP) is -5.51. The molecule has 12 heavy (non-hydrogen) atoms. The second-order valence-electron chi connectivity index (χ2n) is 1.96. The average Bonchev–Trinajstić information content (AvgIpc) is 2.09. The first-order valence-electron chi connectivity index (χ1n) is 2.74. The Bertz CT molecular complexity index is 210. The third kappa shape index (κ3) is 9.27. The van der Waals surface area contributed by atoms with Crippen molar-refractivity contribution in [1.29, 1.82) is 0 Å². The first-order valence-corrected chi connectivity index (χ1v) is 3.98. The summed E-state index contributed by atoms with van der Waals surface area (Å²) in [7, 11) is -1.12. The standard InChI is InChI=1S/C4H8N3.ClHO4/c1-6-3-5-7(2)4-6;2-1(3,4)5/h3-4H,1-2H3;(H,2,3,4,5)/q+1;/p-1. The van der Waals surface area contributed by atoms with Gasteiger partial charge in [0, 0.05) is 5.10 Å². The zero-order chi connectivity index (χ0) is 9.78. The Hall–Kier alpha value is -0.730. The molecule has 1 heterocycles. The van der Waals surface area contributed by atoms with Crippen LogP contribution in [0.3, 0.4) is 0 Å². The second kappa shape index (κ2) is 4.33. The molecule has 0 amide bonds. The van der Waals surface area contributed by atoms with Crippen molar-refractivity contribution in [3.63, 3.8) is 0 Å². The lowest BCUT2D eigenvalue weighted by Gasteiger charge is -2.17. The second-order valence-corrected chi connectivity index (χ2v) is 2.72. The first-order chi connectivity index (χ1) is 5.29. The fourth-order valence-electron chi connectivity index (χ4n) is 0.486. The lowest BCUT2D eigenvalue weighted by molar-refractivity contribution is -2.00. The van der Waals surface area contributed by atoms with E-state index in [0.717, 1.165) is 0 Å². The summed E-state index contributed by atoms with van der Waals surface area (Å²) in [6.07, 6.45) is 3.64. The summed E-state index contributed by atoms with van der Waals surface area (Å²) in [5.74, 6) is 0. The molecule has 1 aromatic rings. The van der Waals surface area contributed by atoms with Crippen molar-refractivity contribution < 1.29 is 33.4 Å². The van der Waals surface area contributed by atoms with Crippen molar-refractivity contribution in [2.24, 2.45) is 14.1 Å². The van der Waals surface area contributed by atoms with E-state index in [9.17, 15) is 0 Å². The average molecular weight is 198 g/mol. The van der Waals surface area contributed by atoms with E-state index in [0.29, 0.717) is 0 Å². The van der Waals surface area contributed by atoms with E-state index < -0.39 is 10.2 Å². The van der Waals surface area contributed by atoms with Gasteiger partial charge in [-0.25, -0.2) is 23.2 Å². The van der Waals surface area contributed by atoms with Gasteiger partial charge in [0.25, 0.3) is 6.33 Å². The van der Waals surface area contributed by atoms with E-state index in [1.165, 1.54) is 0 Å². The zero-order valence-corrected chi connectivity index (χ0v) is 7.26. The number of aromatic nitrogens is 3. The molecule has 0 aliphatic rings. The number of aryl methyl sites for hydroxylation is 2. The molecular formula is C4H8ClN3O4. The van der Waals surface area contributed by atoms with Crippen molar-refractivity contribution in [1.82, 2.24) is 9.78 Å². The van der Waals surface area contributed by atoms with Gasteiger partial charge in [0.05, 0.1) is 14.1 Å². The maximum atomic E-state index is 8.49. The highest BCUT2D eigenvalue weighted by molar-refractivity contribution is 4.35. The fourth-order valence-corrected chi connectivity index (χ4v) is 0.486. The lowest BCUT2D eigenvalue weighted by atomic mass is 11.1. The van der Waals surface area contributed by atoms with Gasteiger partial charge >= 0.3 is 0 Å². The number of hydrogen-bond donors (Lipinski definition) is 0. The maximum Gasteiger partial charge on any atom is 0.264 e. The van der Waals surface area contributed by atoms with E-state index >= 15 is 0 Å². The third-order valence-electron chi connectivity index (χ3n) is 0.765. The first kappa shape index (κ1) is 11.3. The Balaban J connectivity index is 0.000000217. The molecule has 8 heteroatoms. The van der Waals surface area contributed by atoms with Crippen LogP contribution in [-0.4, -0.2) is 9.78 Å². The molecule has 0 unspecified atom stereocenters. The van der Waals surface area contributed by atoms with Gasteiger partial charge in [0.1, 0.15) is 0 Å². The van der Waals surface area contributed by atoms with Gasteiger partial charge in [0.2, 0.25) is 6.33 Å². The van der Waals surface area contributed by atoms with Gasteiger partial charge in [0.15, 0.2) is 0 Å².